The number of methoxy groups -OCH3 is 2. The number of anilines is 1. The Balaban J connectivity index is 1.44. The van der Waals surface area contributed by atoms with Crippen molar-refractivity contribution < 1.29 is 27.8 Å². The summed E-state index contributed by atoms with van der Waals surface area (Å²) in [7, 11) is 0.687. The monoisotopic (exact) mass is 787 g/mol. The first-order valence-electron chi connectivity index (χ1n) is 18.3. The van der Waals surface area contributed by atoms with Crippen LogP contribution in [-0.4, -0.2) is 72.1 Å². The average molecular weight is 788 g/mol. The molecule has 4 atom stereocenters. The number of amides is 1. The number of aromatic amines is 1. The number of aromatic nitrogens is 4. The molecule has 0 aliphatic carbocycles. The third-order valence-corrected chi connectivity index (χ3v) is 16.6. The van der Waals surface area contributed by atoms with Crippen LogP contribution in [0.5, 0.6) is 11.5 Å². The lowest BCUT2D eigenvalue weighted by molar-refractivity contribution is -0.118. The molecule has 2 aromatic heterocycles. The topological polar surface area (TPSA) is 130 Å². The van der Waals surface area contributed by atoms with E-state index >= 15 is 4.39 Å². The van der Waals surface area contributed by atoms with E-state index in [2.05, 4.69) is 54.1 Å². The van der Waals surface area contributed by atoms with Gasteiger partial charge in [0.25, 0.3) is 5.56 Å². The molecular formula is C41H50FN5O6SSi. The van der Waals surface area contributed by atoms with Crippen molar-refractivity contribution in [1.82, 2.24) is 19.5 Å². The van der Waals surface area contributed by atoms with Gasteiger partial charge in [-0.15, -0.1) is 11.8 Å². The summed E-state index contributed by atoms with van der Waals surface area (Å²) in [5.74, 6) is 0.725. The number of rotatable bonds is 13. The van der Waals surface area contributed by atoms with E-state index in [4.69, 9.17) is 18.6 Å². The molecular weight excluding hydrogens is 738 g/mol. The summed E-state index contributed by atoms with van der Waals surface area (Å²) in [5, 5.41) is 1.08. The van der Waals surface area contributed by atoms with E-state index in [0.29, 0.717) is 11.5 Å². The summed E-state index contributed by atoms with van der Waals surface area (Å²) < 4.78 is 44.2. The highest BCUT2D eigenvalue weighted by molar-refractivity contribution is 8.00. The Hall–Kier alpha value is -4.50. The molecule has 0 saturated carbocycles. The molecule has 11 nitrogen and oxygen atoms in total. The molecule has 14 heteroatoms. The third kappa shape index (κ3) is 7.95. The predicted octanol–water partition coefficient (Wildman–Crippen LogP) is 8.08. The summed E-state index contributed by atoms with van der Waals surface area (Å²) in [4.78, 5) is 37.4. The Bertz CT molecular complexity index is 2110. The molecule has 1 aliphatic rings. The van der Waals surface area contributed by atoms with Crippen LogP contribution in [0, 0.1) is 5.92 Å². The van der Waals surface area contributed by atoms with Gasteiger partial charge in [0, 0.05) is 5.92 Å². The highest BCUT2D eigenvalue weighted by Crippen LogP contribution is 2.51. The van der Waals surface area contributed by atoms with Crippen molar-refractivity contribution >= 4 is 43.1 Å². The number of hydrogen-bond donors (Lipinski definition) is 2. The summed E-state index contributed by atoms with van der Waals surface area (Å²) in [6, 6.07) is 25.3. The minimum atomic E-state index is -2.55. The Morgan fingerprint density at radius 3 is 2.04 bits per heavy atom. The molecule has 5 aromatic rings. The van der Waals surface area contributed by atoms with Gasteiger partial charge in [-0.05, 0) is 59.1 Å². The Kier molecular flexibility index (Phi) is 11.6. The number of nitrogens with one attached hydrogen (secondary N) is 2. The number of fused-ring (bicyclic) bond motifs is 1. The number of imidazole rings is 1. The number of carbonyl (C=O) groups excluding carboxylic acids is 1. The maximum atomic E-state index is 17.4. The molecule has 3 heterocycles. The van der Waals surface area contributed by atoms with Crippen molar-refractivity contribution in [3.8, 4) is 11.5 Å². The van der Waals surface area contributed by atoms with Gasteiger partial charge in [-0.2, -0.15) is 4.98 Å². The number of halogens is 1. The molecule has 1 aliphatic heterocycles. The van der Waals surface area contributed by atoms with E-state index in [0.717, 1.165) is 16.7 Å². The van der Waals surface area contributed by atoms with Gasteiger partial charge in [0.05, 0.1) is 32.4 Å². The molecule has 0 spiro atoms. The van der Waals surface area contributed by atoms with Gasteiger partial charge in [-0.3, -0.25) is 24.5 Å². The van der Waals surface area contributed by atoms with Crippen LogP contribution in [0.1, 0.15) is 56.7 Å². The van der Waals surface area contributed by atoms with Crippen LogP contribution in [0.3, 0.4) is 0 Å². The fraction of sp³-hybridized carbons (Fsp3) is 0.415. The van der Waals surface area contributed by atoms with E-state index in [1.54, 1.807) is 32.6 Å². The zero-order valence-corrected chi connectivity index (χ0v) is 34.6. The van der Waals surface area contributed by atoms with Crippen molar-refractivity contribution in [2.45, 2.75) is 81.3 Å². The first-order valence-corrected chi connectivity index (χ1v) is 22.2. The first-order chi connectivity index (χ1) is 26.1. The zero-order chi connectivity index (χ0) is 39.7. The van der Waals surface area contributed by atoms with Crippen LogP contribution < -0.4 is 20.3 Å². The summed E-state index contributed by atoms with van der Waals surface area (Å²) in [6.45, 7) is 14.0. The molecule has 1 amide bonds. The van der Waals surface area contributed by atoms with Gasteiger partial charge in [-0.25, -0.2) is 9.37 Å². The SMILES string of the molecule is COc1ccc(C(OC[C@H]2S[C@@H](n3cnc4c(=O)[nH]c(NC(=O)C(C)C)nc43)[C@H](O[Si](C)(C)C(C)(C)C)[C@H]2F)(c2ccccc2)c2ccc(OC)cc2)cc1. The maximum Gasteiger partial charge on any atom is 0.280 e. The molecule has 0 radical (unpaired) electrons. The Morgan fingerprint density at radius 1 is 0.945 bits per heavy atom. The second kappa shape index (κ2) is 15.9. The molecule has 1 saturated heterocycles. The number of H-pyrrole nitrogens is 1. The van der Waals surface area contributed by atoms with Gasteiger partial charge in [0.2, 0.25) is 11.9 Å². The molecule has 0 unspecified atom stereocenters. The maximum absolute atomic E-state index is 17.4. The van der Waals surface area contributed by atoms with Crippen LogP contribution in [-0.2, 0) is 19.6 Å². The number of alkyl halides is 1. The van der Waals surface area contributed by atoms with Crippen molar-refractivity contribution in [3.63, 3.8) is 0 Å². The van der Waals surface area contributed by atoms with Gasteiger partial charge in [0.1, 0.15) is 34.7 Å². The van der Waals surface area contributed by atoms with E-state index in [1.165, 1.54) is 18.1 Å². The number of nitrogens with zero attached hydrogens (tertiary/aromatic N) is 3. The van der Waals surface area contributed by atoms with E-state index < -0.39 is 42.4 Å². The van der Waals surface area contributed by atoms with Crippen LogP contribution >= 0.6 is 11.8 Å². The van der Waals surface area contributed by atoms with Crippen LogP contribution in [0.4, 0.5) is 10.3 Å². The van der Waals surface area contributed by atoms with Crippen molar-refractivity contribution in [3.05, 3.63) is 112 Å². The lowest BCUT2D eigenvalue weighted by Crippen LogP contribution is -2.48. The molecule has 55 heavy (non-hydrogen) atoms. The van der Waals surface area contributed by atoms with Crippen LogP contribution in [0.25, 0.3) is 11.2 Å². The van der Waals surface area contributed by atoms with Crippen molar-refractivity contribution in [2.24, 2.45) is 5.92 Å². The Morgan fingerprint density at radius 2 is 1.51 bits per heavy atom. The van der Waals surface area contributed by atoms with E-state index in [9.17, 15) is 9.59 Å². The van der Waals surface area contributed by atoms with Crippen molar-refractivity contribution in [1.29, 1.82) is 0 Å². The van der Waals surface area contributed by atoms with E-state index in [1.807, 2.05) is 78.9 Å². The molecule has 3 aromatic carbocycles. The van der Waals surface area contributed by atoms with Gasteiger partial charge in [-0.1, -0.05) is 89.2 Å². The second-order valence-corrected chi connectivity index (χ2v) is 21.7. The standard InChI is InChI=1S/C41H50FN5O6SSi/c1-25(2)36(48)45-39-44-35-33(37(49)46-39)43-24-47(35)38-34(53-55(8,9)40(3,4)5)32(42)31(54-38)23-52-41(26-13-11-10-12-14-26,27-15-19-29(50-6)20-16-27)28-17-21-30(51-7)22-18-28/h10-22,24-25,31-32,34,38H,23H2,1-9H3,(H2,44,45,46,48,49)/t31-,32+,34-,38-/m1/s1. The lowest BCUT2D eigenvalue weighted by Gasteiger charge is -2.40. The first kappa shape index (κ1) is 40.2. The lowest BCUT2D eigenvalue weighted by atomic mass is 9.80. The summed E-state index contributed by atoms with van der Waals surface area (Å²) in [6.07, 6.45) is -0.914. The molecule has 1 fully saturated rings. The fourth-order valence-corrected chi connectivity index (χ4v) is 9.26. The minimum absolute atomic E-state index is 0.00822. The van der Waals surface area contributed by atoms with Crippen LogP contribution in [0.2, 0.25) is 18.1 Å². The highest BCUT2D eigenvalue weighted by Gasteiger charge is 2.52. The quantitative estimate of drug-likeness (QED) is 0.0899. The second-order valence-electron chi connectivity index (χ2n) is 15.6. The van der Waals surface area contributed by atoms with Crippen LogP contribution in [0.15, 0.2) is 90.0 Å². The fourth-order valence-electron chi connectivity index (χ4n) is 6.41. The molecule has 0 bridgehead atoms. The van der Waals surface area contributed by atoms with Crippen molar-refractivity contribution in [2.75, 3.05) is 26.1 Å². The van der Waals surface area contributed by atoms with Gasteiger partial charge >= 0.3 is 0 Å². The number of hydrogen-bond acceptors (Lipinski definition) is 9. The van der Waals surface area contributed by atoms with Gasteiger partial charge in [0.15, 0.2) is 19.5 Å². The molecule has 2 N–H and O–H groups in total. The number of thioether (sulfide) groups is 1. The third-order valence-electron chi connectivity index (χ3n) is 10.6. The predicted molar refractivity (Wildman–Crippen MR) is 217 cm³/mol. The molecule has 292 valence electrons. The summed E-state index contributed by atoms with van der Waals surface area (Å²) in [5.41, 5.74) is 1.13. The molecule has 6 rings (SSSR count). The Labute approximate surface area is 326 Å². The number of carbonyl (C=O) groups is 1. The minimum Gasteiger partial charge on any atom is -0.497 e. The number of benzene rings is 3. The largest absolute Gasteiger partial charge is 0.497 e. The average Bonchev–Trinajstić information content (AvgIpc) is 3.72. The normalized spacial score (nSPS) is 19.2. The smallest absolute Gasteiger partial charge is 0.280 e. The van der Waals surface area contributed by atoms with Gasteiger partial charge < -0.3 is 18.6 Å². The van der Waals surface area contributed by atoms with E-state index in [-0.39, 0.29) is 40.6 Å². The highest BCUT2D eigenvalue weighted by atomic mass is 32.2. The zero-order valence-electron chi connectivity index (χ0n) is 32.8. The summed E-state index contributed by atoms with van der Waals surface area (Å²) >= 11 is 1.36. The number of ether oxygens (including phenoxy) is 3.